The summed E-state index contributed by atoms with van der Waals surface area (Å²) in [4.78, 5) is 22.4. The number of carboxylic acids is 2. The van der Waals surface area contributed by atoms with E-state index in [4.69, 9.17) is 9.84 Å². The first-order valence-electron chi connectivity index (χ1n) is 7.10. The third-order valence-corrected chi connectivity index (χ3v) is 3.50. The predicted molar refractivity (Wildman–Crippen MR) is 78.9 cm³/mol. The lowest BCUT2D eigenvalue weighted by molar-refractivity contribution is -0.140. The van der Waals surface area contributed by atoms with Gasteiger partial charge in [0.05, 0.1) is 18.4 Å². The molecule has 0 radical (unpaired) electrons. The Labute approximate surface area is 124 Å². The fraction of sp³-hybridized carbons (Fsp3) is 0.500. The van der Waals surface area contributed by atoms with Crippen LogP contribution >= 0.6 is 0 Å². The number of carboxylic acid groups (broad SMARTS) is 2. The predicted octanol–water partition coefficient (Wildman–Crippen LogP) is 3.24. The Morgan fingerprint density at radius 1 is 1.10 bits per heavy atom. The number of hydrogen-bond acceptors (Lipinski definition) is 3. The van der Waals surface area contributed by atoms with Gasteiger partial charge in [-0.2, -0.15) is 0 Å². The van der Waals surface area contributed by atoms with Crippen LogP contribution in [0.25, 0.3) is 0 Å². The molecule has 1 aromatic carbocycles. The van der Waals surface area contributed by atoms with Gasteiger partial charge in [0.25, 0.3) is 0 Å². The highest BCUT2D eigenvalue weighted by Crippen LogP contribution is 2.30. The van der Waals surface area contributed by atoms with Crippen LogP contribution in [-0.2, 0) is 9.59 Å². The lowest BCUT2D eigenvalue weighted by Gasteiger charge is -2.18. The molecule has 0 saturated carbocycles. The van der Waals surface area contributed by atoms with Gasteiger partial charge in [-0.05, 0) is 43.5 Å². The van der Waals surface area contributed by atoms with Crippen LogP contribution in [0.5, 0.6) is 5.75 Å². The number of carbonyl (C=O) groups is 2. The van der Waals surface area contributed by atoms with Gasteiger partial charge >= 0.3 is 11.9 Å². The molecule has 2 unspecified atom stereocenters. The largest absolute Gasteiger partial charge is 0.494 e. The average molecular weight is 294 g/mol. The van der Waals surface area contributed by atoms with Crippen LogP contribution in [0.1, 0.15) is 56.6 Å². The SMILES string of the molecule is CCCCOc1ccc(C(C)C(=O)O)c(C(C)C(=O)O)c1. The lowest BCUT2D eigenvalue weighted by atomic mass is 9.89. The molecule has 5 nitrogen and oxygen atoms in total. The molecule has 0 aromatic heterocycles. The molecule has 0 fully saturated rings. The summed E-state index contributed by atoms with van der Waals surface area (Å²) in [7, 11) is 0. The molecule has 0 bridgehead atoms. The van der Waals surface area contributed by atoms with Crippen LogP contribution in [0.4, 0.5) is 0 Å². The van der Waals surface area contributed by atoms with Crippen LogP contribution in [-0.4, -0.2) is 28.8 Å². The van der Waals surface area contributed by atoms with Gasteiger partial charge in [0.1, 0.15) is 5.75 Å². The number of ether oxygens (including phenoxy) is 1. The molecule has 5 heteroatoms. The van der Waals surface area contributed by atoms with Crippen LogP contribution in [0.2, 0.25) is 0 Å². The first-order valence-corrected chi connectivity index (χ1v) is 7.10. The molecule has 0 heterocycles. The van der Waals surface area contributed by atoms with Crippen molar-refractivity contribution in [3.05, 3.63) is 29.3 Å². The van der Waals surface area contributed by atoms with E-state index in [-0.39, 0.29) is 0 Å². The fourth-order valence-corrected chi connectivity index (χ4v) is 2.01. The van der Waals surface area contributed by atoms with E-state index in [0.29, 0.717) is 23.5 Å². The van der Waals surface area contributed by atoms with E-state index < -0.39 is 23.8 Å². The van der Waals surface area contributed by atoms with Crippen molar-refractivity contribution in [2.24, 2.45) is 0 Å². The molecule has 2 N–H and O–H groups in total. The fourth-order valence-electron chi connectivity index (χ4n) is 2.01. The van der Waals surface area contributed by atoms with Gasteiger partial charge in [-0.15, -0.1) is 0 Å². The third kappa shape index (κ3) is 4.48. The molecular formula is C16H22O5. The van der Waals surface area contributed by atoms with Crippen molar-refractivity contribution in [1.29, 1.82) is 0 Å². The second-order valence-corrected chi connectivity index (χ2v) is 5.11. The number of unbranched alkanes of at least 4 members (excludes halogenated alkanes) is 1. The van der Waals surface area contributed by atoms with E-state index in [1.807, 2.05) is 0 Å². The molecule has 0 aliphatic carbocycles. The summed E-state index contributed by atoms with van der Waals surface area (Å²) in [5.41, 5.74) is 1.01. The highest BCUT2D eigenvalue weighted by Gasteiger charge is 2.24. The molecule has 1 aromatic rings. The zero-order valence-corrected chi connectivity index (χ0v) is 12.6. The zero-order valence-electron chi connectivity index (χ0n) is 12.6. The Balaban J connectivity index is 3.13. The first-order chi connectivity index (χ1) is 9.88. The molecule has 0 aliphatic heterocycles. The van der Waals surface area contributed by atoms with Gasteiger partial charge in [0.2, 0.25) is 0 Å². The highest BCUT2D eigenvalue weighted by atomic mass is 16.5. The van der Waals surface area contributed by atoms with Gasteiger partial charge in [-0.1, -0.05) is 19.4 Å². The van der Waals surface area contributed by atoms with E-state index in [9.17, 15) is 14.7 Å². The topological polar surface area (TPSA) is 83.8 Å². The number of benzene rings is 1. The van der Waals surface area contributed by atoms with Gasteiger partial charge in [-0.3, -0.25) is 9.59 Å². The van der Waals surface area contributed by atoms with E-state index in [0.717, 1.165) is 12.8 Å². The quantitative estimate of drug-likeness (QED) is 0.719. The maximum atomic E-state index is 11.2. The van der Waals surface area contributed by atoms with Crippen molar-refractivity contribution in [2.75, 3.05) is 6.61 Å². The Morgan fingerprint density at radius 3 is 2.19 bits per heavy atom. The Hall–Kier alpha value is -2.04. The molecule has 116 valence electrons. The van der Waals surface area contributed by atoms with E-state index in [1.165, 1.54) is 0 Å². The summed E-state index contributed by atoms with van der Waals surface area (Å²) < 4.78 is 5.57. The normalized spacial score (nSPS) is 13.5. The third-order valence-electron chi connectivity index (χ3n) is 3.50. The van der Waals surface area contributed by atoms with Crippen LogP contribution < -0.4 is 4.74 Å². The highest BCUT2D eigenvalue weighted by molar-refractivity contribution is 5.80. The standard InChI is InChI=1S/C16H22O5/c1-4-5-8-21-12-6-7-13(10(2)15(17)18)14(9-12)11(3)16(19)20/h6-7,9-11H,4-5,8H2,1-3H3,(H,17,18)(H,19,20). The minimum absolute atomic E-state index is 0.492. The Morgan fingerprint density at radius 2 is 1.67 bits per heavy atom. The summed E-state index contributed by atoms with van der Waals surface area (Å²) in [6.07, 6.45) is 1.92. The van der Waals surface area contributed by atoms with E-state index >= 15 is 0 Å². The Bertz CT molecular complexity index is 509. The first kappa shape index (κ1) is 17.0. The Kier molecular flexibility index (Phi) is 6.21. The van der Waals surface area contributed by atoms with Gasteiger partial charge < -0.3 is 14.9 Å². The van der Waals surface area contributed by atoms with Gasteiger partial charge in [-0.25, -0.2) is 0 Å². The van der Waals surface area contributed by atoms with Crippen molar-refractivity contribution in [2.45, 2.75) is 45.4 Å². The minimum atomic E-state index is -0.987. The number of rotatable bonds is 8. The van der Waals surface area contributed by atoms with Crippen molar-refractivity contribution in [3.8, 4) is 5.75 Å². The molecule has 0 amide bonds. The average Bonchev–Trinajstić information content (AvgIpc) is 2.45. The zero-order chi connectivity index (χ0) is 16.0. The molecule has 2 atom stereocenters. The van der Waals surface area contributed by atoms with Crippen molar-refractivity contribution < 1.29 is 24.5 Å². The van der Waals surface area contributed by atoms with Crippen LogP contribution in [0, 0.1) is 0 Å². The minimum Gasteiger partial charge on any atom is -0.494 e. The summed E-state index contributed by atoms with van der Waals surface area (Å²) >= 11 is 0. The van der Waals surface area contributed by atoms with Crippen LogP contribution in [0.3, 0.4) is 0 Å². The van der Waals surface area contributed by atoms with Crippen molar-refractivity contribution in [1.82, 2.24) is 0 Å². The van der Waals surface area contributed by atoms with E-state index in [2.05, 4.69) is 6.92 Å². The summed E-state index contributed by atoms with van der Waals surface area (Å²) in [5, 5.41) is 18.3. The maximum Gasteiger partial charge on any atom is 0.310 e. The molecular weight excluding hydrogens is 272 g/mol. The van der Waals surface area contributed by atoms with Crippen LogP contribution in [0.15, 0.2) is 18.2 Å². The van der Waals surface area contributed by atoms with E-state index in [1.54, 1.807) is 32.0 Å². The second kappa shape index (κ2) is 7.67. The van der Waals surface area contributed by atoms with Gasteiger partial charge in [0.15, 0.2) is 0 Å². The van der Waals surface area contributed by atoms with Crippen molar-refractivity contribution in [3.63, 3.8) is 0 Å². The smallest absolute Gasteiger partial charge is 0.310 e. The molecule has 21 heavy (non-hydrogen) atoms. The maximum absolute atomic E-state index is 11.2. The summed E-state index contributed by atoms with van der Waals surface area (Å²) in [6.45, 7) is 5.71. The number of hydrogen-bond donors (Lipinski definition) is 2. The molecule has 0 spiro atoms. The lowest BCUT2D eigenvalue weighted by Crippen LogP contribution is -2.15. The second-order valence-electron chi connectivity index (χ2n) is 5.11. The number of aliphatic carboxylic acids is 2. The monoisotopic (exact) mass is 294 g/mol. The summed E-state index contributed by atoms with van der Waals surface area (Å²) in [5.74, 6) is -2.93. The van der Waals surface area contributed by atoms with Crippen molar-refractivity contribution >= 4 is 11.9 Å². The molecule has 0 saturated heterocycles. The molecule has 1 rings (SSSR count). The molecule has 0 aliphatic rings. The summed E-state index contributed by atoms with van der Waals surface area (Å²) in [6, 6.07) is 4.99. The van der Waals surface area contributed by atoms with Gasteiger partial charge in [0, 0.05) is 0 Å².